The average molecular weight is 264 g/mol. The van der Waals surface area contributed by atoms with Crippen LogP contribution >= 0.6 is 0 Å². The van der Waals surface area contributed by atoms with Crippen LogP contribution in [0.1, 0.15) is 18.1 Å². The molecule has 1 rings (SSSR count). The van der Waals surface area contributed by atoms with E-state index in [1.54, 1.807) is 13.2 Å². The molecular formula is C15H21FN2O. The quantitative estimate of drug-likeness (QED) is 0.821. The van der Waals surface area contributed by atoms with Crippen LogP contribution in [0.4, 0.5) is 4.39 Å². The predicted octanol–water partition coefficient (Wildman–Crippen LogP) is 1.60. The van der Waals surface area contributed by atoms with Gasteiger partial charge < -0.3 is 10.5 Å². The van der Waals surface area contributed by atoms with E-state index in [2.05, 4.69) is 11.8 Å². The van der Waals surface area contributed by atoms with E-state index in [1.807, 2.05) is 24.9 Å². The van der Waals surface area contributed by atoms with Crippen LogP contribution in [0.15, 0.2) is 18.2 Å². The highest BCUT2D eigenvalue weighted by atomic mass is 19.1. The van der Waals surface area contributed by atoms with Crippen molar-refractivity contribution in [2.24, 2.45) is 5.73 Å². The fraction of sp³-hybridized carbons (Fsp3) is 0.467. The van der Waals surface area contributed by atoms with Crippen LogP contribution in [0, 0.1) is 17.7 Å². The van der Waals surface area contributed by atoms with Crippen molar-refractivity contribution < 1.29 is 9.13 Å². The third-order valence-electron chi connectivity index (χ3n) is 2.97. The number of methoxy groups -OCH3 is 1. The van der Waals surface area contributed by atoms with Gasteiger partial charge in [0.2, 0.25) is 0 Å². The average Bonchev–Trinajstić information content (AvgIpc) is 2.39. The van der Waals surface area contributed by atoms with E-state index in [1.165, 1.54) is 6.07 Å². The third-order valence-corrected chi connectivity index (χ3v) is 2.97. The van der Waals surface area contributed by atoms with Gasteiger partial charge in [-0.2, -0.15) is 0 Å². The molecule has 0 aliphatic rings. The summed E-state index contributed by atoms with van der Waals surface area (Å²) < 4.78 is 19.0. The second-order valence-electron chi connectivity index (χ2n) is 4.53. The van der Waals surface area contributed by atoms with Crippen LogP contribution in [-0.4, -0.2) is 38.3 Å². The Labute approximate surface area is 114 Å². The van der Waals surface area contributed by atoms with Crippen molar-refractivity contribution in [2.75, 3.05) is 27.3 Å². The summed E-state index contributed by atoms with van der Waals surface area (Å²) >= 11 is 0. The molecule has 1 aromatic carbocycles. The minimum absolute atomic E-state index is 0.236. The van der Waals surface area contributed by atoms with E-state index in [-0.39, 0.29) is 18.4 Å². The summed E-state index contributed by atoms with van der Waals surface area (Å²) in [5, 5.41) is 0. The molecule has 1 atom stereocenters. The van der Waals surface area contributed by atoms with E-state index >= 15 is 0 Å². The molecular weight excluding hydrogens is 243 g/mol. The number of hydrogen-bond acceptors (Lipinski definition) is 3. The minimum atomic E-state index is -0.236. The molecule has 0 bridgehead atoms. The number of ether oxygens (including phenoxy) is 1. The van der Waals surface area contributed by atoms with Crippen molar-refractivity contribution in [3.63, 3.8) is 0 Å². The van der Waals surface area contributed by atoms with Crippen molar-refractivity contribution in [1.82, 2.24) is 4.90 Å². The topological polar surface area (TPSA) is 38.5 Å². The van der Waals surface area contributed by atoms with E-state index < -0.39 is 0 Å². The summed E-state index contributed by atoms with van der Waals surface area (Å²) in [7, 11) is 3.61. The van der Waals surface area contributed by atoms with Crippen LogP contribution in [-0.2, 0) is 11.3 Å². The zero-order chi connectivity index (χ0) is 14.3. The lowest BCUT2D eigenvalue weighted by Crippen LogP contribution is -2.32. The maximum absolute atomic E-state index is 13.9. The highest BCUT2D eigenvalue weighted by molar-refractivity contribution is 5.37. The van der Waals surface area contributed by atoms with Crippen LogP contribution in [0.25, 0.3) is 0 Å². The van der Waals surface area contributed by atoms with E-state index in [0.717, 1.165) is 0 Å². The first-order valence-corrected chi connectivity index (χ1v) is 6.25. The predicted molar refractivity (Wildman–Crippen MR) is 75.1 cm³/mol. The highest BCUT2D eigenvalue weighted by Gasteiger charge is 2.11. The lowest BCUT2D eigenvalue weighted by atomic mass is 10.1. The van der Waals surface area contributed by atoms with Gasteiger partial charge in [0.15, 0.2) is 0 Å². The Bertz CT molecular complexity index is 465. The number of halogens is 1. The van der Waals surface area contributed by atoms with E-state index in [9.17, 15) is 4.39 Å². The summed E-state index contributed by atoms with van der Waals surface area (Å²) in [6.45, 7) is 3.49. The number of benzene rings is 1. The van der Waals surface area contributed by atoms with Crippen LogP contribution in [0.3, 0.4) is 0 Å². The first-order valence-electron chi connectivity index (χ1n) is 6.25. The van der Waals surface area contributed by atoms with Crippen LogP contribution < -0.4 is 5.73 Å². The Kier molecular flexibility index (Phi) is 6.51. The maximum Gasteiger partial charge on any atom is 0.128 e. The Morgan fingerprint density at radius 1 is 1.47 bits per heavy atom. The van der Waals surface area contributed by atoms with Gasteiger partial charge in [0.1, 0.15) is 5.82 Å². The van der Waals surface area contributed by atoms with Gasteiger partial charge in [-0.1, -0.05) is 17.9 Å². The zero-order valence-corrected chi connectivity index (χ0v) is 11.7. The van der Waals surface area contributed by atoms with Crippen molar-refractivity contribution in [1.29, 1.82) is 0 Å². The third kappa shape index (κ3) is 4.99. The number of nitrogens with zero attached hydrogens (tertiary/aromatic N) is 1. The number of hydrogen-bond donors (Lipinski definition) is 1. The smallest absolute Gasteiger partial charge is 0.128 e. The summed E-state index contributed by atoms with van der Waals surface area (Å²) in [4.78, 5) is 2.05. The molecule has 0 aliphatic carbocycles. The Morgan fingerprint density at radius 3 is 2.79 bits per heavy atom. The fourth-order valence-electron chi connectivity index (χ4n) is 1.70. The molecule has 1 unspecified atom stereocenters. The first-order chi connectivity index (χ1) is 9.08. The molecule has 1 aromatic rings. The largest absolute Gasteiger partial charge is 0.383 e. The molecule has 2 N–H and O–H groups in total. The van der Waals surface area contributed by atoms with Gasteiger partial charge in [0.05, 0.1) is 13.2 Å². The minimum Gasteiger partial charge on any atom is -0.383 e. The molecule has 0 spiro atoms. The van der Waals surface area contributed by atoms with Crippen molar-refractivity contribution >= 4 is 0 Å². The molecule has 0 aliphatic heterocycles. The van der Waals surface area contributed by atoms with Gasteiger partial charge >= 0.3 is 0 Å². The van der Waals surface area contributed by atoms with Gasteiger partial charge in [0.25, 0.3) is 0 Å². The molecule has 0 fully saturated rings. The van der Waals surface area contributed by atoms with Gasteiger partial charge in [-0.3, -0.25) is 4.90 Å². The second kappa shape index (κ2) is 7.90. The molecule has 4 heteroatoms. The summed E-state index contributed by atoms with van der Waals surface area (Å²) in [5.74, 6) is 5.30. The number of likely N-dealkylation sites (N-methyl/N-ethyl adjacent to an activating group) is 1. The van der Waals surface area contributed by atoms with Crippen molar-refractivity contribution in [3.8, 4) is 11.8 Å². The molecule has 0 saturated heterocycles. The lowest BCUT2D eigenvalue weighted by Gasteiger charge is -2.24. The fourth-order valence-corrected chi connectivity index (χ4v) is 1.70. The molecule has 0 amide bonds. The van der Waals surface area contributed by atoms with Crippen molar-refractivity contribution in [2.45, 2.75) is 19.5 Å². The molecule has 19 heavy (non-hydrogen) atoms. The van der Waals surface area contributed by atoms with Gasteiger partial charge in [0, 0.05) is 30.8 Å². The molecule has 0 radical (unpaired) electrons. The lowest BCUT2D eigenvalue weighted by molar-refractivity contribution is 0.111. The summed E-state index contributed by atoms with van der Waals surface area (Å²) in [6, 6.07) is 5.27. The van der Waals surface area contributed by atoms with E-state index in [4.69, 9.17) is 10.5 Å². The molecule has 0 saturated carbocycles. The molecule has 3 nitrogen and oxygen atoms in total. The second-order valence-corrected chi connectivity index (χ2v) is 4.53. The van der Waals surface area contributed by atoms with Crippen molar-refractivity contribution in [3.05, 3.63) is 35.1 Å². The van der Waals surface area contributed by atoms with Crippen LogP contribution in [0.2, 0.25) is 0 Å². The Hall–Kier alpha value is -1.41. The molecule has 0 aromatic heterocycles. The Morgan fingerprint density at radius 2 is 2.21 bits per heavy atom. The van der Waals surface area contributed by atoms with Crippen LogP contribution in [0.5, 0.6) is 0 Å². The SMILES string of the molecule is COCC(C)N(C)Cc1ccc(C#CCN)cc1F. The van der Waals surface area contributed by atoms with Gasteiger partial charge in [-0.05, 0) is 26.1 Å². The summed E-state index contributed by atoms with van der Waals surface area (Å²) in [6.07, 6.45) is 0. The number of rotatable bonds is 5. The summed E-state index contributed by atoms with van der Waals surface area (Å²) in [5.41, 5.74) is 6.59. The highest BCUT2D eigenvalue weighted by Crippen LogP contribution is 2.13. The number of nitrogens with two attached hydrogens (primary N) is 1. The molecule has 0 heterocycles. The van der Waals surface area contributed by atoms with Gasteiger partial charge in [-0.25, -0.2) is 4.39 Å². The Balaban J connectivity index is 2.74. The first kappa shape index (κ1) is 15.6. The monoisotopic (exact) mass is 264 g/mol. The van der Waals surface area contributed by atoms with Gasteiger partial charge in [-0.15, -0.1) is 0 Å². The molecule has 104 valence electrons. The normalized spacial score (nSPS) is 12.1. The standard InChI is InChI=1S/C15H21FN2O/c1-12(11-19-3)18(2)10-14-7-6-13(5-4-8-17)9-15(14)16/h6-7,9,12H,8,10-11,17H2,1-3H3. The zero-order valence-electron chi connectivity index (χ0n) is 11.7. The van der Waals surface area contributed by atoms with E-state index in [0.29, 0.717) is 24.3 Å². The maximum atomic E-state index is 13.9.